The van der Waals surface area contributed by atoms with Crippen molar-refractivity contribution in [3.8, 4) is 0 Å². The number of aromatic nitrogens is 1. The van der Waals surface area contributed by atoms with Crippen molar-refractivity contribution in [2.24, 2.45) is 11.8 Å². The van der Waals surface area contributed by atoms with E-state index in [0.29, 0.717) is 35.8 Å². The summed E-state index contributed by atoms with van der Waals surface area (Å²) >= 11 is 0. The number of H-pyrrole nitrogens is 1. The molecule has 1 amide bonds. The molecule has 1 aliphatic rings. The number of aromatic amines is 1. The van der Waals surface area contributed by atoms with Crippen LogP contribution in [0.3, 0.4) is 0 Å². The molecular formula is C19H22N2O4. The molecule has 1 aliphatic heterocycles. The first-order valence-electron chi connectivity index (χ1n) is 8.51. The fourth-order valence-electron chi connectivity index (χ4n) is 3.54. The maximum atomic E-state index is 12.4. The predicted molar refractivity (Wildman–Crippen MR) is 94.4 cm³/mol. The summed E-state index contributed by atoms with van der Waals surface area (Å²) in [7, 11) is 0. The molecule has 25 heavy (non-hydrogen) atoms. The highest BCUT2D eigenvalue weighted by Crippen LogP contribution is 2.21. The maximum Gasteiger partial charge on any atom is 0.339 e. The molecule has 0 bridgehead atoms. The van der Waals surface area contributed by atoms with Gasteiger partial charge in [0.1, 0.15) is 0 Å². The third kappa shape index (κ3) is 3.90. The smallest absolute Gasteiger partial charge is 0.339 e. The first-order chi connectivity index (χ1) is 11.9. The molecule has 1 N–H and O–H groups in total. The van der Waals surface area contributed by atoms with Crippen molar-refractivity contribution in [2.45, 2.75) is 20.3 Å². The second-order valence-corrected chi connectivity index (χ2v) is 6.91. The van der Waals surface area contributed by atoms with Crippen LogP contribution in [-0.2, 0) is 9.53 Å². The summed E-state index contributed by atoms with van der Waals surface area (Å²) < 4.78 is 5.19. The molecule has 0 unspecified atom stereocenters. The number of hydrogen-bond acceptors (Lipinski definition) is 4. The highest BCUT2D eigenvalue weighted by molar-refractivity contribution is 6.03. The summed E-state index contributed by atoms with van der Waals surface area (Å²) in [6.07, 6.45) is 1.10. The number of nitrogens with one attached hydrogen (secondary N) is 1. The van der Waals surface area contributed by atoms with Crippen molar-refractivity contribution >= 4 is 22.8 Å². The zero-order valence-corrected chi connectivity index (χ0v) is 14.5. The molecule has 2 aromatic rings. The Morgan fingerprint density at radius 1 is 1.20 bits per heavy atom. The summed E-state index contributed by atoms with van der Waals surface area (Å²) in [5, 5.41) is 0.597. The first kappa shape index (κ1) is 17.2. The largest absolute Gasteiger partial charge is 0.452 e. The van der Waals surface area contributed by atoms with Gasteiger partial charge in [-0.05, 0) is 24.3 Å². The second kappa shape index (κ2) is 7.09. The number of nitrogens with zero attached hydrogens (tertiary/aromatic N) is 1. The summed E-state index contributed by atoms with van der Waals surface area (Å²) in [6, 6.07) is 8.21. The van der Waals surface area contributed by atoms with Crippen LogP contribution in [0.5, 0.6) is 0 Å². The lowest BCUT2D eigenvalue weighted by molar-refractivity contribution is -0.137. The van der Waals surface area contributed by atoms with Crippen molar-refractivity contribution in [3.63, 3.8) is 0 Å². The van der Waals surface area contributed by atoms with Gasteiger partial charge in [-0.1, -0.05) is 32.0 Å². The Bertz CT molecular complexity index is 848. The van der Waals surface area contributed by atoms with Gasteiger partial charge in [-0.15, -0.1) is 0 Å². The topological polar surface area (TPSA) is 79.5 Å². The van der Waals surface area contributed by atoms with E-state index in [4.69, 9.17) is 4.74 Å². The normalized spacial score (nSPS) is 20.5. The van der Waals surface area contributed by atoms with E-state index in [1.165, 1.54) is 6.07 Å². The molecule has 0 aliphatic carbocycles. The lowest BCUT2D eigenvalue weighted by atomic mass is 9.92. The zero-order chi connectivity index (χ0) is 18.0. The third-order valence-electron chi connectivity index (χ3n) is 4.52. The van der Waals surface area contributed by atoms with E-state index in [9.17, 15) is 14.4 Å². The molecule has 1 aromatic carbocycles. The van der Waals surface area contributed by atoms with Gasteiger partial charge in [0, 0.05) is 30.1 Å². The van der Waals surface area contributed by atoms with Crippen LogP contribution >= 0.6 is 0 Å². The van der Waals surface area contributed by atoms with E-state index in [-0.39, 0.29) is 23.6 Å². The molecule has 1 fully saturated rings. The Morgan fingerprint density at radius 2 is 1.88 bits per heavy atom. The van der Waals surface area contributed by atoms with Crippen LogP contribution in [0.25, 0.3) is 10.9 Å². The Kier molecular flexibility index (Phi) is 4.88. The first-order valence-corrected chi connectivity index (χ1v) is 8.51. The summed E-state index contributed by atoms with van der Waals surface area (Å²) in [5.74, 6) is 0.0368. The van der Waals surface area contributed by atoms with Gasteiger partial charge < -0.3 is 14.6 Å². The number of rotatable bonds is 3. The van der Waals surface area contributed by atoms with Crippen molar-refractivity contribution in [1.29, 1.82) is 0 Å². The molecule has 1 saturated heterocycles. The number of para-hydroxylation sites is 1. The van der Waals surface area contributed by atoms with Crippen LogP contribution in [0.1, 0.15) is 30.6 Å². The quantitative estimate of drug-likeness (QED) is 0.867. The van der Waals surface area contributed by atoms with E-state index in [0.717, 1.165) is 6.42 Å². The van der Waals surface area contributed by atoms with Crippen molar-refractivity contribution in [2.75, 3.05) is 19.7 Å². The molecule has 3 rings (SSSR count). The van der Waals surface area contributed by atoms with Crippen LogP contribution in [0.2, 0.25) is 0 Å². The Morgan fingerprint density at radius 3 is 2.60 bits per heavy atom. The number of piperidine rings is 1. The molecule has 0 radical (unpaired) electrons. The number of esters is 1. The highest BCUT2D eigenvalue weighted by atomic mass is 16.5. The number of carbonyl (C=O) groups excluding carboxylic acids is 2. The van der Waals surface area contributed by atoms with E-state index in [1.807, 2.05) is 0 Å². The molecule has 0 saturated carbocycles. The van der Waals surface area contributed by atoms with Crippen LogP contribution < -0.4 is 5.56 Å². The SMILES string of the molecule is C[C@@H]1C[C@H](C)CN(C(=O)COC(=O)c2cc(=O)[nH]c3ccccc23)C1. The predicted octanol–water partition coefficient (Wildman–Crippen LogP) is 2.19. The number of benzene rings is 1. The molecule has 1 aromatic heterocycles. The number of fused-ring (bicyclic) bond motifs is 1. The zero-order valence-electron chi connectivity index (χ0n) is 14.5. The minimum absolute atomic E-state index is 0.174. The van der Waals surface area contributed by atoms with E-state index >= 15 is 0 Å². The van der Waals surface area contributed by atoms with Crippen LogP contribution in [0, 0.1) is 11.8 Å². The van der Waals surface area contributed by atoms with Gasteiger partial charge in [-0.3, -0.25) is 9.59 Å². The van der Waals surface area contributed by atoms with Gasteiger partial charge >= 0.3 is 5.97 Å². The van der Waals surface area contributed by atoms with Gasteiger partial charge in [0.05, 0.1) is 5.56 Å². The Hall–Kier alpha value is -2.63. The maximum absolute atomic E-state index is 12.4. The van der Waals surface area contributed by atoms with Gasteiger partial charge in [0.2, 0.25) is 5.56 Å². The number of carbonyl (C=O) groups is 2. The molecule has 132 valence electrons. The van der Waals surface area contributed by atoms with Gasteiger partial charge in [0.25, 0.3) is 5.91 Å². The summed E-state index contributed by atoms with van der Waals surface area (Å²) in [5.41, 5.74) is 0.357. The Labute approximate surface area is 145 Å². The van der Waals surface area contributed by atoms with Gasteiger partial charge in [0.15, 0.2) is 6.61 Å². The monoisotopic (exact) mass is 342 g/mol. The lowest BCUT2D eigenvalue weighted by Crippen LogP contribution is -2.44. The van der Waals surface area contributed by atoms with E-state index in [1.54, 1.807) is 29.2 Å². The molecule has 2 heterocycles. The number of amides is 1. The fraction of sp³-hybridized carbons (Fsp3) is 0.421. The number of pyridine rings is 1. The van der Waals surface area contributed by atoms with E-state index in [2.05, 4.69) is 18.8 Å². The summed E-state index contributed by atoms with van der Waals surface area (Å²) in [4.78, 5) is 40.9. The van der Waals surface area contributed by atoms with Crippen LogP contribution in [-0.4, -0.2) is 41.5 Å². The molecule has 6 nitrogen and oxygen atoms in total. The number of ether oxygens (including phenoxy) is 1. The standard InChI is InChI=1S/C19H22N2O4/c1-12-7-13(2)10-21(9-12)18(23)11-25-19(24)15-8-17(22)20-16-6-4-3-5-14(15)16/h3-6,8,12-13H,7,9-11H2,1-2H3,(H,20,22)/t12-,13+. The number of likely N-dealkylation sites (tertiary alicyclic amines) is 1. The van der Waals surface area contributed by atoms with Crippen LogP contribution in [0.15, 0.2) is 35.1 Å². The summed E-state index contributed by atoms with van der Waals surface area (Å²) in [6.45, 7) is 5.30. The van der Waals surface area contributed by atoms with Gasteiger partial charge in [-0.25, -0.2) is 4.79 Å². The number of hydrogen-bond donors (Lipinski definition) is 1. The van der Waals surface area contributed by atoms with Crippen molar-refractivity contribution in [3.05, 3.63) is 46.2 Å². The minimum Gasteiger partial charge on any atom is -0.452 e. The van der Waals surface area contributed by atoms with Crippen molar-refractivity contribution < 1.29 is 14.3 Å². The molecular weight excluding hydrogens is 320 g/mol. The van der Waals surface area contributed by atoms with Gasteiger partial charge in [-0.2, -0.15) is 0 Å². The average molecular weight is 342 g/mol. The molecule has 2 atom stereocenters. The van der Waals surface area contributed by atoms with Crippen molar-refractivity contribution in [1.82, 2.24) is 9.88 Å². The van der Waals surface area contributed by atoms with Crippen LogP contribution in [0.4, 0.5) is 0 Å². The molecule has 0 spiro atoms. The third-order valence-corrected chi connectivity index (χ3v) is 4.52. The minimum atomic E-state index is -0.659. The van der Waals surface area contributed by atoms with E-state index < -0.39 is 5.97 Å². The fourth-order valence-corrected chi connectivity index (χ4v) is 3.54. The second-order valence-electron chi connectivity index (χ2n) is 6.91. The Balaban J connectivity index is 1.71. The average Bonchev–Trinajstić information content (AvgIpc) is 2.57. The lowest BCUT2D eigenvalue weighted by Gasteiger charge is -2.34. The molecule has 6 heteroatoms. The highest BCUT2D eigenvalue weighted by Gasteiger charge is 2.26.